The highest BCUT2D eigenvalue weighted by Gasteiger charge is 2.35. The Morgan fingerprint density at radius 2 is 2.04 bits per heavy atom. The first-order valence-electron chi connectivity index (χ1n) is 8.79. The molecule has 6 heteroatoms. The summed E-state index contributed by atoms with van der Waals surface area (Å²) >= 11 is 6.03. The Labute approximate surface area is 163 Å². The molecule has 27 heavy (non-hydrogen) atoms. The lowest BCUT2D eigenvalue weighted by atomic mass is 10.0. The number of benzene rings is 2. The molecule has 4 nitrogen and oxygen atoms in total. The summed E-state index contributed by atoms with van der Waals surface area (Å²) in [6.45, 7) is 3.98. The summed E-state index contributed by atoms with van der Waals surface area (Å²) in [6.07, 6.45) is 1.83. The summed E-state index contributed by atoms with van der Waals surface area (Å²) < 4.78 is 14.4. The minimum absolute atomic E-state index is 0.0331. The zero-order valence-corrected chi connectivity index (χ0v) is 15.9. The van der Waals surface area contributed by atoms with E-state index >= 15 is 0 Å². The van der Waals surface area contributed by atoms with Crippen molar-refractivity contribution in [2.24, 2.45) is 11.7 Å². The highest BCUT2D eigenvalue weighted by Crippen LogP contribution is 2.37. The van der Waals surface area contributed by atoms with Crippen LogP contribution in [0.3, 0.4) is 0 Å². The van der Waals surface area contributed by atoms with E-state index in [4.69, 9.17) is 17.3 Å². The molecule has 0 saturated heterocycles. The summed E-state index contributed by atoms with van der Waals surface area (Å²) in [4.78, 5) is 14.6. The van der Waals surface area contributed by atoms with Crippen molar-refractivity contribution < 1.29 is 14.3 Å². The molecule has 1 aliphatic heterocycles. The van der Waals surface area contributed by atoms with Crippen LogP contribution in [-0.4, -0.2) is 28.5 Å². The van der Waals surface area contributed by atoms with Gasteiger partial charge in [-0.25, -0.2) is 4.39 Å². The first kappa shape index (κ1) is 19.4. The first-order chi connectivity index (χ1) is 12.8. The second kappa shape index (κ2) is 7.71. The standard InChI is InChI=1S/C21H22ClFN2O2/c1-12(2)20(24)21(27)25-11-14(17-10-15(22)6-7-18(17)23)9-19(25)13-4-3-5-16(26)8-13/h3-10,12,19-20,26H,11,24H2,1-2H3/t19-,20-/m0/s1. The number of halogens is 2. The molecule has 0 radical (unpaired) electrons. The van der Waals surface area contributed by atoms with Gasteiger partial charge in [0.2, 0.25) is 5.91 Å². The number of hydrogen-bond donors (Lipinski definition) is 2. The summed E-state index contributed by atoms with van der Waals surface area (Å²) in [7, 11) is 0. The molecule has 0 spiro atoms. The van der Waals surface area contributed by atoms with Gasteiger partial charge in [0.25, 0.3) is 0 Å². The number of rotatable bonds is 4. The molecule has 0 aliphatic carbocycles. The maximum atomic E-state index is 14.4. The molecule has 2 atom stereocenters. The largest absolute Gasteiger partial charge is 0.508 e. The number of nitrogens with two attached hydrogens (primary N) is 1. The van der Waals surface area contributed by atoms with Crippen LogP contribution in [-0.2, 0) is 4.79 Å². The van der Waals surface area contributed by atoms with Crippen molar-refractivity contribution in [2.75, 3.05) is 6.54 Å². The fourth-order valence-corrected chi connectivity index (χ4v) is 3.38. The minimum atomic E-state index is -0.665. The third-order valence-corrected chi connectivity index (χ3v) is 5.04. The highest BCUT2D eigenvalue weighted by atomic mass is 35.5. The molecule has 0 fully saturated rings. The molecule has 2 aromatic rings. The van der Waals surface area contributed by atoms with Crippen LogP contribution in [0.2, 0.25) is 5.02 Å². The van der Waals surface area contributed by atoms with E-state index in [9.17, 15) is 14.3 Å². The summed E-state index contributed by atoms with van der Waals surface area (Å²) in [5.41, 5.74) is 7.84. The lowest BCUT2D eigenvalue weighted by Gasteiger charge is -2.29. The normalized spacial score (nSPS) is 17.9. The molecular formula is C21H22ClFN2O2. The van der Waals surface area contributed by atoms with Crippen LogP contribution in [0.25, 0.3) is 5.57 Å². The van der Waals surface area contributed by atoms with E-state index in [1.165, 1.54) is 12.1 Å². The Bertz CT molecular complexity index is 898. The summed E-state index contributed by atoms with van der Waals surface area (Å²) in [5.74, 6) is -0.548. The van der Waals surface area contributed by atoms with E-state index in [2.05, 4.69) is 0 Å². The van der Waals surface area contributed by atoms with Crippen molar-refractivity contribution in [1.82, 2.24) is 4.90 Å². The lowest BCUT2D eigenvalue weighted by Crippen LogP contribution is -2.46. The van der Waals surface area contributed by atoms with Crippen molar-refractivity contribution in [3.63, 3.8) is 0 Å². The van der Waals surface area contributed by atoms with E-state index in [0.717, 1.165) is 5.56 Å². The number of nitrogens with zero attached hydrogens (tertiary/aromatic N) is 1. The maximum absolute atomic E-state index is 14.4. The number of carbonyl (C=O) groups excluding carboxylic acids is 1. The molecule has 1 amide bonds. The average molecular weight is 389 g/mol. The van der Waals surface area contributed by atoms with Crippen LogP contribution in [0, 0.1) is 11.7 Å². The molecule has 0 saturated carbocycles. The monoisotopic (exact) mass is 388 g/mol. The zero-order chi connectivity index (χ0) is 19.7. The molecule has 1 heterocycles. The Kier molecular flexibility index (Phi) is 5.53. The molecule has 2 aromatic carbocycles. The van der Waals surface area contributed by atoms with Crippen molar-refractivity contribution in [3.05, 3.63) is 70.5 Å². The van der Waals surface area contributed by atoms with E-state index in [1.54, 1.807) is 29.2 Å². The number of amides is 1. The molecule has 0 aromatic heterocycles. The summed E-state index contributed by atoms with van der Waals surface area (Å²) in [5, 5.41) is 10.3. The van der Waals surface area contributed by atoms with Gasteiger partial charge in [-0.15, -0.1) is 0 Å². The van der Waals surface area contributed by atoms with Gasteiger partial charge >= 0.3 is 0 Å². The molecule has 3 N–H and O–H groups in total. The van der Waals surface area contributed by atoms with Crippen LogP contribution in [0.5, 0.6) is 5.75 Å². The number of phenolic OH excluding ortho intramolecular Hbond substituents is 1. The van der Waals surface area contributed by atoms with Gasteiger partial charge in [0.15, 0.2) is 0 Å². The van der Waals surface area contributed by atoms with Gasteiger partial charge in [-0.2, -0.15) is 0 Å². The van der Waals surface area contributed by atoms with Crippen LogP contribution in [0.15, 0.2) is 48.5 Å². The average Bonchev–Trinajstić information content (AvgIpc) is 3.07. The SMILES string of the molecule is CC(C)[C@H](N)C(=O)N1CC(c2cc(Cl)ccc2F)=C[C@H]1c1cccc(O)c1. The van der Waals surface area contributed by atoms with Crippen LogP contribution in [0.1, 0.15) is 31.0 Å². The van der Waals surface area contributed by atoms with E-state index in [1.807, 2.05) is 26.0 Å². The second-order valence-electron chi connectivity index (χ2n) is 7.09. The fourth-order valence-electron chi connectivity index (χ4n) is 3.21. The van der Waals surface area contributed by atoms with E-state index in [-0.39, 0.29) is 24.1 Å². The fraction of sp³-hybridized carbons (Fsp3) is 0.286. The van der Waals surface area contributed by atoms with Crippen LogP contribution < -0.4 is 5.73 Å². The van der Waals surface area contributed by atoms with Crippen LogP contribution in [0.4, 0.5) is 4.39 Å². The first-order valence-corrected chi connectivity index (χ1v) is 9.17. The number of aromatic hydroxyl groups is 1. The Balaban J connectivity index is 2.04. The molecule has 0 bridgehead atoms. The third kappa shape index (κ3) is 3.99. The maximum Gasteiger partial charge on any atom is 0.240 e. The lowest BCUT2D eigenvalue weighted by molar-refractivity contribution is -0.134. The predicted molar refractivity (Wildman–Crippen MR) is 105 cm³/mol. The van der Waals surface area contributed by atoms with Gasteiger partial charge in [0.05, 0.1) is 12.1 Å². The second-order valence-corrected chi connectivity index (χ2v) is 7.53. The predicted octanol–water partition coefficient (Wildman–Crippen LogP) is 4.13. The van der Waals surface area contributed by atoms with Gasteiger partial charge in [0, 0.05) is 17.1 Å². The van der Waals surface area contributed by atoms with Gasteiger partial charge in [-0.1, -0.05) is 43.7 Å². The molecule has 142 valence electrons. The van der Waals surface area contributed by atoms with Gasteiger partial charge in [-0.3, -0.25) is 4.79 Å². The summed E-state index contributed by atoms with van der Waals surface area (Å²) in [6, 6.07) is 9.93. The third-order valence-electron chi connectivity index (χ3n) is 4.81. The molecule has 0 unspecified atom stereocenters. The van der Waals surface area contributed by atoms with Gasteiger partial charge in [0.1, 0.15) is 11.6 Å². The van der Waals surface area contributed by atoms with Crippen molar-refractivity contribution >= 4 is 23.1 Å². The zero-order valence-electron chi connectivity index (χ0n) is 15.2. The number of phenols is 1. The van der Waals surface area contributed by atoms with Crippen molar-refractivity contribution in [2.45, 2.75) is 25.9 Å². The van der Waals surface area contributed by atoms with Crippen LogP contribution >= 0.6 is 11.6 Å². The molecule has 3 rings (SSSR count). The smallest absolute Gasteiger partial charge is 0.240 e. The number of carbonyl (C=O) groups is 1. The Morgan fingerprint density at radius 1 is 1.30 bits per heavy atom. The van der Waals surface area contributed by atoms with E-state index in [0.29, 0.717) is 16.2 Å². The van der Waals surface area contributed by atoms with Gasteiger partial charge < -0.3 is 15.7 Å². The van der Waals surface area contributed by atoms with E-state index < -0.39 is 17.9 Å². The molecular weight excluding hydrogens is 367 g/mol. The molecule has 1 aliphatic rings. The van der Waals surface area contributed by atoms with Crippen molar-refractivity contribution in [3.8, 4) is 5.75 Å². The Hall–Kier alpha value is -2.37. The minimum Gasteiger partial charge on any atom is -0.508 e. The Morgan fingerprint density at radius 3 is 2.70 bits per heavy atom. The number of hydrogen-bond acceptors (Lipinski definition) is 3. The van der Waals surface area contributed by atoms with Crippen molar-refractivity contribution in [1.29, 1.82) is 0 Å². The topological polar surface area (TPSA) is 66.6 Å². The van der Waals surface area contributed by atoms with Gasteiger partial charge in [-0.05, 0) is 47.4 Å². The quantitative estimate of drug-likeness (QED) is 0.827. The highest BCUT2D eigenvalue weighted by molar-refractivity contribution is 6.30.